The maximum atomic E-state index is 13.1. The summed E-state index contributed by atoms with van der Waals surface area (Å²) in [4.78, 5) is 25.6. The predicted octanol–water partition coefficient (Wildman–Crippen LogP) is 5.37. The smallest absolute Gasteiger partial charge is 0.232 e. The molecule has 0 amide bonds. The minimum absolute atomic E-state index is 0.128. The zero-order chi connectivity index (χ0) is 23.8. The summed E-state index contributed by atoms with van der Waals surface area (Å²) < 4.78 is 18.8. The van der Waals surface area contributed by atoms with Gasteiger partial charge in [-0.1, -0.05) is 18.2 Å². The number of rotatable bonds is 6. The highest BCUT2D eigenvalue weighted by Gasteiger charge is 2.30. The molecule has 0 saturated heterocycles. The van der Waals surface area contributed by atoms with E-state index in [1.54, 1.807) is 49.6 Å². The Hall–Kier alpha value is -4.32. The van der Waals surface area contributed by atoms with Crippen LogP contribution in [0.1, 0.15) is 31.8 Å². The number of aromatic nitrogens is 1. The first-order chi connectivity index (χ1) is 16.4. The van der Waals surface area contributed by atoms with Gasteiger partial charge in [0.15, 0.2) is 18.1 Å². The van der Waals surface area contributed by atoms with Crippen LogP contribution in [0.2, 0.25) is 0 Å². The van der Waals surface area contributed by atoms with Crippen molar-refractivity contribution in [3.63, 3.8) is 0 Å². The number of hydrogen-bond acceptors (Lipinski definition) is 5. The molecule has 0 N–H and O–H groups in total. The third-order valence-corrected chi connectivity index (χ3v) is 5.94. The van der Waals surface area contributed by atoms with Crippen molar-refractivity contribution < 1.29 is 23.8 Å². The topological polar surface area (TPSA) is 66.8 Å². The number of Topliss-reactive ketones (excluding diaryl/α,β-unsaturated/α-hetero) is 2. The Morgan fingerprint density at radius 1 is 1.06 bits per heavy atom. The second-order valence-corrected chi connectivity index (χ2v) is 8.21. The number of aryl methyl sites for hydroxylation is 2. The minimum atomic E-state index is -0.165. The molecule has 2 heterocycles. The average molecular weight is 453 g/mol. The number of hydrogen-bond donors (Lipinski definition) is 0. The number of carbonyl (C=O) groups excluding carboxylic acids is 2. The molecule has 0 spiro atoms. The lowest BCUT2D eigenvalue weighted by Gasteiger charge is -2.09. The lowest BCUT2D eigenvalue weighted by atomic mass is 10.0. The molecule has 1 aromatic heterocycles. The number of methoxy groups -OCH3 is 1. The highest BCUT2D eigenvalue weighted by molar-refractivity contribution is 6.16. The Morgan fingerprint density at radius 2 is 1.82 bits per heavy atom. The molecule has 0 saturated carbocycles. The van der Waals surface area contributed by atoms with E-state index in [2.05, 4.69) is 0 Å². The summed E-state index contributed by atoms with van der Waals surface area (Å²) in [5.41, 5.74) is 3.76. The molecule has 4 aromatic rings. The van der Waals surface area contributed by atoms with Gasteiger partial charge in [-0.15, -0.1) is 0 Å². The molecule has 5 rings (SSSR count). The molecule has 1 aliphatic heterocycles. The SMILES string of the molecule is COc1ccc(C(=O)COc2cc(C)c3c(c2)O/C(=C\c2cn(C)c4ccccc24)C3=O)cc1. The lowest BCUT2D eigenvalue weighted by molar-refractivity contribution is 0.0920. The van der Waals surface area contributed by atoms with E-state index in [0.717, 1.165) is 22.0 Å². The number of fused-ring (bicyclic) bond motifs is 2. The Balaban J connectivity index is 1.36. The van der Waals surface area contributed by atoms with Gasteiger partial charge >= 0.3 is 0 Å². The highest BCUT2D eigenvalue weighted by Crippen LogP contribution is 2.38. The van der Waals surface area contributed by atoms with Crippen LogP contribution in [0.4, 0.5) is 0 Å². The Morgan fingerprint density at radius 3 is 2.59 bits per heavy atom. The molecule has 6 nitrogen and oxygen atoms in total. The number of para-hydroxylation sites is 1. The maximum absolute atomic E-state index is 13.1. The molecule has 0 aliphatic carbocycles. The standard InChI is InChI=1S/C28H23NO5/c1-17-12-21(33-16-24(30)18-8-10-20(32-3)11-9-18)14-25-27(17)28(31)26(34-25)13-19-15-29(2)23-7-5-4-6-22(19)23/h4-15H,16H2,1-3H3/b26-13-. The van der Waals surface area contributed by atoms with Gasteiger partial charge in [0.25, 0.3) is 0 Å². The van der Waals surface area contributed by atoms with Crippen LogP contribution >= 0.6 is 0 Å². The first kappa shape index (κ1) is 21.5. The minimum Gasteiger partial charge on any atom is -0.497 e. The van der Waals surface area contributed by atoms with E-state index in [9.17, 15) is 9.59 Å². The van der Waals surface area contributed by atoms with E-state index < -0.39 is 0 Å². The van der Waals surface area contributed by atoms with E-state index in [1.807, 2.05) is 49.0 Å². The van der Waals surface area contributed by atoms with Gasteiger partial charge in [0.2, 0.25) is 5.78 Å². The van der Waals surface area contributed by atoms with Gasteiger partial charge in [0.05, 0.1) is 12.7 Å². The average Bonchev–Trinajstić information content (AvgIpc) is 3.34. The van der Waals surface area contributed by atoms with Crippen LogP contribution in [0.3, 0.4) is 0 Å². The van der Waals surface area contributed by atoms with Gasteiger partial charge in [0.1, 0.15) is 17.2 Å². The normalized spacial score (nSPS) is 13.7. The first-order valence-electron chi connectivity index (χ1n) is 10.9. The van der Waals surface area contributed by atoms with Crippen LogP contribution in [0, 0.1) is 6.92 Å². The third-order valence-electron chi connectivity index (χ3n) is 5.94. The number of ketones is 2. The molecular formula is C28H23NO5. The van der Waals surface area contributed by atoms with Gasteiger partial charge in [-0.2, -0.15) is 0 Å². The number of nitrogens with zero attached hydrogens (tertiary/aromatic N) is 1. The van der Waals surface area contributed by atoms with Gasteiger partial charge in [-0.3, -0.25) is 9.59 Å². The number of allylic oxidation sites excluding steroid dienone is 1. The van der Waals surface area contributed by atoms with Crippen LogP contribution in [0.5, 0.6) is 17.2 Å². The fourth-order valence-corrected chi connectivity index (χ4v) is 4.20. The first-order valence-corrected chi connectivity index (χ1v) is 10.9. The highest BCUT2D eigenvalue weighted by atomic mass is 16.5. The number of ether oxygens (including phenoxy) is 3. The molecule has 170 valence electrons. The van der Waals surface area contributed by atoms with E-state index in [0.29, 0.717) is 28.4 Å². The zero-order valence-corrected chi connectivity index (χ0v) is 19.1. The third kappa shape index (κ3) is 3.83. The van der Waals surface area contributed by atoms with Gasteiger partial charge < -0.3 is 18.8 Å². The Labute approximate surface area is 197 Å². The van der Waals surface area contributed by atoms with Crippen molar-refractivity contribution in [3.8, 4) is 17.2 Å². The van der Waals surface area contributed by atoms with Crippen LogP contribution in [-0.2, 0) is 7.05 Å². The number of benzene rings is 3. The van der Waals surface area contributed by atoms with Crippen molar-refractivity contribution in [1.29, 1.82) is 0 Å². The zero-order valence-electron chi connectivity index (χ0n) is 19.1. The van der Waals surface area contributed by atoms with Crippen molar-refractivity contribution >= 4 is 28.5 Å². The molecule has 34 heavy (non-hydrogen) atoms. The fourth-order valence-electron chi connectivity index (χ4n) is 4.20. The summed E-state index contributed by atoms with van der Waals surface area (Å²) in [7, 11) is 3.54. The molecular weight excluding hydrogens is 430 g/mol. The van der Waals surface area contributed by atoms with E-state index in [1.165, 1.54) is 0 Å². The van der Waals surface area contributed by atoms with Crippen LogP contribution in [0.25, 0.3) is 17.0 Å². The lowest BCUT2D eigenvalue weighted by Crippen LogP contribution is -2.11. The molecule has 6 heteroatoms. The second kappa shape index (κ2) is 8.56. The molecule has 0 atom stereocenters. The van der Waals surface area contributed by atoms with Crippen molar-refractivity contribution in [1.82, 2.24) is 4.57 Å². The van der Waals surface area contributed by atoms with E-state index in [-0.39, 0.29) is 23.9 Å². The maximum Gasteiger partial charge on any atom is 0.232 e. The van der Waals surface area contributed by atoms with Crippen molar-refractivity contribution in [2.24, 2.45) is 7.05 Å². The van der Waals surface area contributed by atoms with Gasteiger partial charge in [0, 0.05) is 41.3 Å². The second-order valence-electron chi connectivity index (χ2n) is 8.21. The van der Waals surface area contributed by atoms with Gasteiger partial charge in [-0.25, -0.2) is 0 Å². The molecule has 1 aliphatic rings. The summed E-state index contributed by atoms with van der Waals surface area (Å²) in [6.07, 6.45) is 3.75. The van der Waals surface area contributed by atoms with Crippen molar-refractivity contribution in [3.05, 3.63) is 94.9 Å². The molecule has 0 fully saturated rings. The largest absolute Gasteiger partial charge is 0.497 e. The van der Waals surface area contributed by atoms with E-state index >= 15 is 0 Å². The summed E-state index contributed by atoms with van der Waals surface area (Å²) in [5.74, 6) is 1.53. The molecule has 0 radical (unpaired) electrons. The summed E-state index contributed by atoms with van der Waals surface area (Å²) >= 11 is 0. The predicted molar refractivity (Wildman–Crippen MR) is 130 cm³/mol. The number of carbonyl (C=O) groups is 2. The Kier molecular flexibility index (Phi) is 5.42. The molecule has 0 unspecified atom stereocenters. The summed E-state index contributed by atoms with van der Waals surface area (Å²) in [6, 6.07) is 18.3. The van der Waals surface area contributed by atoms with E-state index in [4.69, 9.17) is 14.2 Å². The monoisotopic (exact) mass is 453 g/mol. The quantitative estimate of drug-likeness (QED) is 0.290. The summed E-state index contributed by atoms with van der Waals surface area (Å²) in [6.45, 7) is 1.70. The van der Waals surface area contributed by atoms with Crippen LogP contribution in [-0.4, -0.2) is 29.9 Å². The van der Waals surface area contributed by atoms with Crippen LogP contribution < -0.4 is 14.2 Å². The van der Waals surface area contributed by atoms with Crippen LogP contribution in [0.15, 0.2) is 72.6 Å². The van der Waals surface area contributed by atoms with Gasteiger partial charge in [-0.05, 0) is 55.0 Å². The molecule has 3 aromatic carbocycles. The van der Waals surface area contributed by atoms with Crippen molar-refractivity contribution in [2.75, 3.05) is 13.7 Å². The molecule has 0 bridgehead atoms. The Bertz CT molecular complexity index is 1460. The summed E-state index contributed by atoms with van der Waals surface area (Å²) in [5, 5.41) is 1.04. The fraction of sp³-hybridized carbons (Fsp3) is 0.143. The van der Waals surface area contributed by atoms with Crippen molar-refractivity contribution in [2.45, 2.75) is 6.92 Å².